The average Bonchev–Trinajstić information content (AvgIpc) is 2.50. The zero-order valence-electron chi connectivity index (χ0n) is 11.4. The van der Waals surface area contributed by atoms with E-state index in [1.807, 2.05) is 0 Å². The third kappa shape index (κ3) is 3.35. The minimum Gasteiger partial charge on any atom is -0.378 e. The van der Waals surface area contributed by atoms with E-state index >= 15 is 0 Å². The van der Waals surface area contributed by atoms with Gasteiger partial charge in [0.2, 0.25) is 0 Å². The van der Waals surface area contributed by atoms with Gasteiger partial charge >= 0.3 is 0 Å². The van der Waals surface area contributed by atoms with Crippen molar-refractivity contribution >= 4 is 5.71 Å². The molecule has 0 bridgehead atoms. The molecule has 1 aromatic carbocycles. The molecule has 3 rings (SSSR count). The molecule has 1 aliphatic heterocycles. The third-order valence-electron chi connectivity index (χ3n) is 4.10. The Morgan fingerprint density at radius 1 is 1.00 bits per heavy atom. The van der Waals surface area contributed by atoms with Crippen molar-refractivity contribution in [2.24, 2.45) is 5.10 Å². The van der Waals surface area contributed by atoms with Gasteiger partial charge in [-0.25, -0.2) is 0 Å². The molecule has 102 valence electrons. The molecule has 2 fully saturated rings. The van der Waals surface area contributed by atoms with E-state index in [0.717, 1.165) is 45.1 Å². The topological polar surface area (TPSA) is 24.8 Å². The first kappa shape index (κ1) is 12.7. The molecule has 1 aromatic rings. The van der Waals surface area contributed by atoms with Gasteiger partial charge < -0.3 is 4.74 Å². The monoisotopic (exact) mass is 258 g/mol. The van der Waals surface area contributed by atoms with Gasteiger partial charge in [-0.15, -0.1) is 0 Å². The van der Waals surface area contributed by atoms with Crippen LogP contribution in [0.25, 0.3) is 0 Å². The molecule has 19 heavy (non-hydrogen) atoms. The Hall–Kier alpha value is -1.35. The van der Waals surface area contributed by atoms with E-state index in [4.69, 9.17) is 9.84 Å². The summed E-state index contributed by atoms with van der Waals surface area (Å²) < 4.78 is 5.35. The van der Waals surface area contributed by atoms with Gasteiger partial charge in [0.25, 0.3) is 0 Å². The molecular formula is C16H22N2O. The molecule has 2 aliphatic rings. The summed E-state index contributed by atoms with van der Waals surface area (Å²) in [5, 5.41) is 6.98. The first-order valence-corrected chi connectivity index (χ1v) is 7.36. The number of rotatable bonds is 2. The second kappa shape index (κ2) is 6.20. The molecule has 0 spiro atoms. The minimum atomic E-state index is 0.727. The number of benzene rings is 1. The zero-order chi connectivity index (χ0) is 12.9. The molecule has 1 heterocycles. The van der Waals surface area contributed by atoms with E-state index in [2.05, 4.69) is 35.3 Å². The van der Waals surface area contributed by atoms with E-state index in [0.29, 0.717) is 0 Å². The summed E-state index contributed by atoms with van der Waals surface area (Å²) in [4.78, 5) is 0. The molecular weight excluding hydrogens is 236 g/mol. The summed E-state index contributed by atoms with van der Waals surface area (Å²) in [7, 11) is 0. The predicted octanol–water partition coefficient (Wildman–Crippen LogP) is 3.03. The summed E-state index contributed by atoms with van der Waals surface area (Å²) in [6.45, 7) is 3.55. The smallest absolute Gasteiger partial charge is 0.0659 e. The van der Waals surface area contributed by atoms with Crippen LogP contribution in [0.2, 0.25) is 0 Å². The van der Waals surface area contributed by atoms with Crippen molar-refractivity contribution in [2.75, 3.05) is 26.3 Å². The minimum absolute atomic E-state index is 0.727. The lowest BCUT2D eigenvalue weighted by molar-refractivity contribution is 0.0390. The Balaban J connectivity index is 1.55. The fraction of sp³-hybridized carbons (Fsp3) is 0.562. The maximum absolute atomic E-state index is 5.35. The van der Waals surface area contributed by atoms with Crippen molar-refractivity contribution < 1.29 is 4.74 Å². The summed E-state index contributed by atoms with van der Waals surface area (Å²) >= 11 is 0. The molecule has 1 saturated heterocycles. The highest BCUT2D eigenvalue weighted by Gasteiger charge is 2.20. The second-order valence-electron chi connectivity index (χ2n) is 5.42. The van der Waals surface area contributed by atoms with Gasteiger partial charge in [-0.05, 0) is 37.2 Å². The summed E-state index contributed by atoms with van der Waals surface area (Å²) in [5.74, 6) is 0.727. The van der Waals surface area contributed by atoms with Crippen LogP contribution in [0.4, 0.5) is 0 Å². The largest absolute Gasteiger partial charge is 0.378 e. The Kier molecular flexibility index (Phi) is 4.13. The highest BCUT2D eigenvalue weighted by atomic mass is 16.5. The summed E-state index contributed by atoms with van der Waals surface area (Å²) in [6, 6.07) is 10.9. The quantitative estimate of drug-likeness (QED) is 0.814. The maximum atomic E-state index is 5.35. The van der Waals surface area contributed by atoms with E-state index in [9.17, 15) is 0 Å². The van der Waals surface area contributed by atoms with Crippen LogP contribution in [-0.2, 0) is 4.74 Å². The molecule has 0 unspecified atom stereocenters. The lowest BCUT2D eigenvalue weighted by atomic mass is 9.83. The fourth-order valence-corrected chi connectivity index (χ4v) is 2.96. The zero-order valence-corrected chi connectivity index (χ0v) is 11.4. The van der Waals surface area contributed by atoms with Crippen LogP contribution in [0.1, 0.15) is 37.2 Å². The van der Waals surface area contributed by atoms with Crippen LogP contribution >= 0.6 is 0 Å². The number of ether oxygens (including phenoxy) is 1. The standard InChI is InChI=1S/C16H22N2O/c1-2-4-14(5-3-1)15-6-8-16(9-7-15)17-18-10-12-19-13-11-18/h1-5,15H,6-13H2. The van der Waals surface area contributed by atoms with Crippen molar-refractivity contribution in [2.45, 2.75) is 31.6 Å². The van der Waals surface area contributed by atoms with Crippen molar-refractivity contribution in [3.05, 3.63) is 35.9 Å². The second-order valence-corrected chi connectivity index (χ2v) is 5.42. The maximum Gasteiger partial charge on any atom is 0.0659 e. The average molecular weight is 258 g/mol. The molecule has 0 radical (unpaired) electrons. The normalized spacial score (nSPS) is 24.3. The highest BCUT2D eigenvalue weighted by Crippen LogP contribution is 2.31. The lowest BCUT2D eigenvalue weighted by Crippen LogP contribution is -2.33. The van der Waals surface area contributed by atoms with Crippen LogP contribution in [-0.4, -0.2) is 37.0 Å². The van der Waals surface area contributed by atoms with Gasteiger partial charge in [0.15, 0.2) is 0 Å². The highest BCUT2D eigenvalue weighted by molar-refractivity contribution is 5.85. The van der Waals surface area contributed by atoms with Crippen LogP contribution < -0.4 is 0 Å². The predicted molar refractivity (Wildman–Crippen MR) is 77.5 cm³/mol. The van der Waals surface area contributed by atoms with Crippen LogP contribution in [0.15, 0.2) is 35.4 Å². The lowest BCUT2D eigenvalue weighted by Gasteiger charge is -2.28. The van der Waals surface area contributed by atoms with Gasteiger partial charge in [-0.2, -0.15) is 5.10 Å². The molecule has 0 amide bonds. The van der Waals surface area contributed by atoms with Crippen molar-refractivity contribution in [3.8, 4) is 0 Å². The summed E-state index contributed by atoms with van der Waals surface area (Å²) in [6.07, 6.45) is 4.79. The van der Waals surface area contributed by atoms with Crippen LogP contribution in [0, 0.1) is 0 Å². The van der Waals surface area contributed by atoms with E-state index < -0.39 is 0 Å². The van der Waals surface area contributed by atoms with E-state index in [-0.39, 0.29) is 0 Å². The third-order valence-corrected chi connectivity index (χ3v) is 4.10. The van der Waals surface area contributed by atoms with Crippen molar-refractivity contribution in [1.29, 1.82) is 0 Å². The number of morpholine rings is 1. The van der Waals surface area contributed by atoms with Crippen LogP contribution in [0.3, 0.4) is 0 Å². The Morgan fingerprint density at radius 3 is 2.37 bits per heavy atom. The fourth-order valence-electron chi connectivity index (χ4n) is 2.96. The van der Waals surface area contributed by atoms with Gasteiger partial charge in [0, 0.05) is 5.71 Å². The van der Waals surface area contributed by atoms with E-state index in [1.54, 1.807) is 0 Å². The van der Waals surface area contributed by atoms with Crippen LogP contribution in [0.5, 0.6) is 0 Å². The SMILES string of the molecule is c1ccc(C2CCC(=NN3CCOCC3)CC2)cc1. The molecule has 0 N–H and O–H groups in total. The number of hydrogen-bond donors (Lipinski definition) is 0. The molecule has 3 heteroatoms. The van der Waals surface area contributed by atoms with Crippen molar-refractivity contribution in [3.63, 3.8) is 0 Å². The molecule has 3 nitrogen and oxygen atoms in total. The van der Waals surface area contributed by atoms with Gasteiger partial charge in [-0.3, -0.25) is 5.01 Å². The Labute approximate surface area is 115 Å². The van der Waals surface area contributed by atoms with Gasteiger partial charge in [0.05, 0.1) is 26.3 Å². The molecule has 0 aromatic heterocycles. The van der Waals surface area contributed by atoms with E-state index in [1.165, 1.54) is 24.1 Å². The van der Waals surface area contributed by atoms with Crippen molar-refractivity contribution in [1.82, 2.24) is 5.01 Å². The molecule has 1 saturated carbocycles. The summed E-state index contributed by atoms with van der Waals surface area (Å²) in [5.41, 5.74) is 2.88. The number of nitrogens with zero attached hydrogens (tertiary/aromatic N) is 2. The first-order valence-electron chi connectivity index (χ1n) is 7.36. The number of hydrogen-bond acceptors (Lipinski definition) is 3. The first-order chi connectivity index (χ1) is 9.42. The molecule has 1 aliphatic carbocycles. The Morgan fingerprint density at radius 2 is 1.68 bits per heavy atom. The number of hydrazone groups is 1. The van der Waals surface area contributed by atoms with Gasteiger partial charge in [0.1, 0.15) is 0 Å². The Bertz CT molecular complexity index is 414. The molecule has 0 atom stereocenters. The van der Waals surface area contributed by atoms with Gasteiger partial charge in [-0.1, -0.05) is 30.3 Å².